The SMILES string of the molecule is O[C@@H]1CCC[C@@H]2[C@H]1[C@H]2C(F)(F)F. The number of rotatable bonds is 0. The van der Waals surface area contributed by atoms with Gasteiger partial charge in [-0.15, -0.1) is 0 Å². The molecule has 2 saturated carbocycles. The van der Waals surface area contributed by atoms with Gasteiger partial charge in [0.15, 0.2) is 0 Å². The van der Waals surface area contributed by atoms with E-state index >= 15 is 0 Å². The van der Waals surface area contributed by atoms with Crippen LogP contribution in [-0.4, -0.2) is 17.4 Å². The number of fused-ring (bicyclic) bond motifs is 1. The molecule has 4 heteroatoms. The Kier molecular flexibility index (Phi) is 1.65. The Hall–Kier alpha value is -0.250. The second kappa shape index (κ2) is 2.37. The zero-order valence-electron chi connectivity index (χ0n) is 6.51. The normalized spacial score (nSPS) is 47.0. The second-order valence-corrected chi connectivity index (χ2v) is 3.81. The Morgan fingerprint density at radius 1 is 1.17 bits per heavy atom. The molecule has 0 aromatic rings. The van der Waals surface area contributed by atoms with Crippen molar-refractivity contribution in [2.75, 3.05) is 0 Å². The first-order valence-corrected chi connectivity index (χ1v) is 4.26. The van der Waals surface area contributed by atoms with Gasteiger partial charge in [-0.2, -0.15) is 13.2 Å². The lowest BCUT2D eigenvalue weighted by atomic mass is 9.98. The summed E-state index contributed by atoms with van der Waals surface area (Å²) in [7, 11) is 0. The van der Waals surface area contributed by atoms with Crippen molar-refractivity contribution in [3.63, 3.8) is 0 Å². The van der Waals surface area contributed by atoms with E-state index in [1.165, 1.54) is 0 Å². The van der Waals surface area contributed by atoms with E-state index in [1.54, 1.807) is 0 Å². The summed E-state index contributed by atoms with van der Waals surface area (Å²) < 4.78 is 36.6. The lowest BCUT2D eigenvalue weighted by Gasteiger charge is -2.14. The number of halogens is 3. The van der Waals surface area contributed by atoms with E-state index in [9.17, 15) is 18.3 Å². The molecule has 0 radical (unpaired) electrons. The summed E-state index contributed by atoms with van der Waals surface area (Å²) in [5.41, 5.74) is 0. The molecular weight excluding hydrogens is 169 g/mol. The number of hydrogen-bond donors (Lipinski definition) is 1. The van der Waals surface area contributed by atoms with Gasteiger partial charge in [-0.1, -0.05) is 6.42 Å². The summed E-state index contributed by atoms with van der Waals surface area (Å²) in [6.07, 6.45) is -2.84. The molecule has 0 aromatic heterocycles. The van der Waals surface area contributed by atoms with Crippen molar-refractivity contribution >= 4 is 0 Å². The van der Waals surface area contributed by atoms with Crippen LogP contribution in [0, 0.1) is 17.8 Å². The zero-order valence-corrected chi connectivity index (χ0v) is 6.51. The van der Waals surface area contributed by atoms with Crippen LogP contribution in [0.4, 0.5) is 13.2 Å². The van der Waals surface area contributed by atoms with Crippen LogP contribution in [0.5, 0.6) is 0 Å². The van der Waals surface area contributed by atoms with Gasteiger partial charge in [-0.25, -0.2) is 0 Å². The standard InChI is InChI=1S/C8H11F3O/c9-8(10,11)7-4-2-1-3-5(12)6(4)7/h4-7,12H,1-3H2/t4-,5-,6-,7+/m1/s1. The Morgan fingerprint density at radius 3 is 2.33 bits per heavy atom. The average molecular weight is 180 g/mol. The molecule has 0 amide bonds. The number of alkyl halides is 3. The predicted molar refractivity (Wildman–Crippen MR) is 36.4 cm³/mol. The fraction of sp³-hybridized carbons (Fsp3) is 1.00. The van der Waals surface area contributed by atoms with E-state index in [1.807, 2.05) is 0 Å². The highest BCUT2D eigenvalue weighted by atomic mass is 19.4. The molecule has 2 aliphatic carbocycles. The fourth-order valence-corrected chi connectivity index (χ4v) is 2.51. The van der Waals surface area contributed by atoms with E-state index in [0.29, 0.717) is 12.8 Å². The van der Waals surface area contributed by atoms with Crippen LogP contribution in [0.25, 0.3) is 0 Å². The molecule has 2 rings (SSSR count). The van der Waals surface area contributed by atoms with Gasteiger partial charge < -0.3 is 5.11 Å². The van der Waals surface area contributed by atoms with Crippen LogP contribution in [0.1, 0.15) is 19.3 Å². The summed E-state index contributed by atoms with van der Waals surface area (Å²) in [6.45, 7) is 0. The summed E-state index contributed by atoms with van der Waals surface area (Å²) in [6, 6.07) is 0. The molecule has 0 bridgehead atoms. The first-order chi connectivity index (χ1) is 5.52. The van der Waals surface area contributed by atoms with Gasteiger partial charge in [-0.05, 0) is 24.7 Å². The maximum absolute atomic E-state index is 12.2. The van der Waals surface area contributed by atoms with Gasteiger partial charge in [0, 0.05) is 0 Å². The van der Waals surface area contributed by atoms with E-state index < -0.39 is 24.1 Å². The third kappa shape index (κ3) is 1.13. The third-order valence-electron chi connectivity index (χ3n) is 3.09. The molecule has 1 nitrogen and oxygen atoms in total. The van der Waals surface area contributed by atoms with Crippen LogP contribution in [0.3, 0.4) is 0 Å². The molecule has 4 atom stereocenters. The number of aliphatic hydroxyl groups is 1. The molecule has 0 aromatic carbocycles. The minimum absolute atomic E-state index is 0.270. The van der Waals surface area contributed by atoms with E-state index in [-0.39, 0.29) is 5.92 Å². The highest BCUT2D eigenvalue weighted by Gasteiger charge is 2.66. The van der Waals surface area contributed by atoms with Crippen LogP contribution in [0.15, 0.2) is 0 Å². The maximum Gasteiger partial charge on any atom is 0.392 e. The largest absolute Gasteiger partial charge is 0.393 e. The molecule has 0 heterocycles. The van der Waals surface area contributed by atoms with Gasteiger partial charge in [0.2, 0.25) is 0 Å². The van der Waals surface area contributed by atoms with Gasteiger partial charge in [0.25, 0.3) is 0 Å². The Morgan fingerprint density at radius 2 is 1.83 bits per heavy atom. The summed E-state index contributed by atoms with van der Waals surface area (Å²) >= 11 is 0. The van der Waals surface area contributed by atoms with Gasteiger partial charge in [-0.3, -0.25) is 0 Å². The summed E-state index contributed by atoms with van der Waals surface area (Å²) in [5.74, 6) is -1.94. The van der Waals surface area contributed by atoms with Crippen LogP contribution in [-0.2, 0) is 0 Å². The zero-order chi connectivity index (χ0) is 8.93. The lowest BCUT2D eigenvalue weighted by molar-refractivity contribution is -0.156. The molecule has 0 spiro atoms. The molecule has 2 aliphatic rings. The highest BCUT2D eigenvalue weighted by Crippen LogP contribution is 2.61. The van der Waals surface area contributed by atoms with Crippen molar-refractivity contribution < 1.29 is 18.3 Å². The highest BCUT2D eigenvalue weighted by molar-refractivity contribution is 5.06. The van der Waals surface area contributed by atoms with Crippen molar-refractivity contribution in [3.05, 3.63) is 0 Å². The van der Waals surface area contributed by atoms with E-state index in [4.69, 9.17) is 0 Å². The van der Waals surface area contributed by atoms with Crippen molar-refractivity contribution in [1.29, 1.82) is 0 Å². The Balaban J connectivity index is 2.05. The molecule has 0 aliphatic heterocycles. The first kappa shape index (κ1) is 8.35. The lowest BCUT2D eigenvalue weighted by Crippen LogP contribution is -2.18. The molecule has 1 N–H and O–H groups in total. The summed E-state index contributed by atoms with van der Waals surface area (Å²) in [5, 5.41) is 9.25. The monoisotopic (exact) mass is 180 g/mol. The van der Waals surface area contributed by atoms with Crippen LogP contribution < -0.4 is 0 Å². The van der Waals surface area contributed by atoms with Crippen molar-refractivity contribution in [2.45, 2.75) is 31.5 Å². The van der Waals surface area contributed by atoms with Gasteiger partial charge >= 0.3 is 6.18 Å². The van der Waals surface area contributed by atoms with E-state index in [2.05, 4.69) is 0 Å². The van der Waals surface area contributed by atoms with Gasteiger partial charge in [0.05, 0.1) is 12.0 Å². The molecule has 70 valence electrons. The molecule has 12 heavy (non-hydrogen) atoms. The fourth-order valence-electron chi connectivity index (χ4n) is 2.51. The topological polar surface area (TPSA) is 20.2 Å². The van der Waals surface area contributed by atoms with Crippen molar-refractivity contribution in [3.8, 4) is 0 Å². The molecule has 0 saturated heterocycles. The van der Waals surface area contributed by atoms with E-state index in [0.717, 1.165) is 6.42 Å². The summed E-state index contributed by atoms with van der Waals surface area (Å²) in [4.78, 5) is 0. The van der Waals surface area contributed by atoms with Crippen LogP contribution >= 0.6 is 0 Å². The minimum atomic E-state index is -4.08. The predicted octanol–water partition coefficient (Wildman–Crippen LogP) is 1.96. The maximum atomic E-state index is 12.2. The molecule has 2 fully saturated rings. The van der Waals surface area contributed by atoms with Crippen molar-refractivity contribution in [2.24, 2.45) is 17.8 Å². The number of hydrogen-bond acceptors (Lipinski definition) is 1. The molecular formula is C8H11F3O. The Labute approximate surface area is 68.6 Å². The van der Waals surface area contributed by atoms with Gasteiger partial charge in [0.1, 0.15) is 0 Å². The third-order valence-corrected chi connectivity index (χ3v) is 3.09. The minimum Gasteiger partial charge on any atom is -0.393 e. The quantitative estimate of drug-likeness (QED) is 0.604. The van der Waals surface area contributed by atoms with Crippen molar-refractivity contribution in [1.82, 2.24) is 0 Å². The first-order valence-electron chi connectivity index (χ1n) is 4.26. The van der Waals surface area contributed by atoms with Crippen LogP contribution in [0.2, 0.25) is 0 Å². The number of aliphatic hydroxyl groups excluding tert-OH is 1. The smallest absolute Gasteiger partial charge is 0.392 e. The molecule has 0 unspecified atom stereocenters. The average Bonchev–Trinajstić information content (AvgIpc) is 2.60. The Bertz CT molecular complexity index is 189. The second-order valence-electron chi connectivity index (χ2n) is 3.81.